The number of para-hydroxylation sites is 1. The van der Waals surface area contributed by atoms with Gasteiger partial charge in [-0.05, 0) is 36.0 Å². The first-order chi connectivity index (χ1) is 13.4. The molecule has 0 aromatic heterocycles. The minimum Gasteiger partial charge on any atom is -0.497 e. The zero-order valence-electron chi connectivity index (χ0n) is 15.4. The number of hydrogen-bond acceptors (Lipinski definition) is 1. The smallest absolute Gasteiger partial charge is 0.118 e. The summed E-state index contributed by atoms with van der Waals surface area (Å²) in [6.45, 7) is 0. The van der Waals surface area contributed by atoms with Crippen LogP contribution in [0.4, 0.5) is 0 Å². The highest BCUT2D eigenvalue weighted by atomic mass is 31.1. The number of methoxy groups -OCH3 is 1. The number of ether oxygens (including phenoxy) is 1. The van der Waals surface area contributed by atoms with Gasteiger partial charge in [-0.3, -0.25) is 0 Å². The van der Waals surface area contributed by atoms with Gasteiger partial charge in [0.2, 0.25) is 0 Å². The Bertz CT molecular complexity index is 800. The van der Waals surface area contributed by atoms with Crippen molar-refractivity contribution in [3.63, 3.8) is 0 Å². The van der Waals surface area contributed by atoms with Crippen molar-refractivity contribution in [2.45, 2.75) is 0 Å². The molecule has 0 saturated carbocycles. The van der Waals surface area contributed by atoms with E-state index in [9.17, 15) is 0 Å². The minimum absolute atomic E-state index is 0.446. The van der Waals surface area contributed by atoms with Gasteiger partial charge in [-0.25, -0.2) is 0 Å². The van der Waals surface area contributed by atoms with Crippen LogP contribution in [0.2, 0.25) is 0 Å². The summed E-state index contributed by atoms with van der Waals surface area (Å²) in [5, 5.41) is 4.19. The van der Waals surface area contributed by atoms with Crippen LogP contribution in [0.1, 0.15) is 0 Å². The van der Waals surface area contributed by atoms with Gasteiger partial charge in [0, 0.05) is 0 Å². The minimum atomic E-state index is -0.446. The molecule has 0 aliphatic rings. The largest absolute Gasteiger partial charge is 0.497 e. The van der Waals surface area contributed by atoms with E-state index in [0.717, 1.165) is 5.75 Å². The van der Waals surface area contributed by atoms with Gasteiger partial charge >= 0.3 is 0 Å². The van der Waals surface area contributed by atoms with E-state index in [-0.39, 0.29) is 0 Å². The molecule has 0 fully saturated rings. The van der Waals surface area contributed by atoms with E-state index in [1.807, 2.05) is 30.3 Å². The standard InChI is InChI=1S/C18H15P.C7H8O/c1-4-10-16(11-5-1)19(17-12-6-2-7-13-17)18-14-8-3-9-15-18;1-8-7-5-3-2-4-6-7/h1-15H;2-6H,1H3. The van der Waals surface area contributed by atoms with Crippen LogP contribution >= 0.6 is 7.92 Å². The van der Waals surface area contributed by atoms with Crippen molar-refractivity contribution < 1.29 is 4.74 Å². The Morgan fingerprint density at radius 1 is 0.444 bits per heavy atom. The zero-order valence-corrected chi connectivity index (χ0v) is 16.3. The third kappa shape index (κ3) is 5.54. The lowest BCUT2D eigenvalue weighted by Gasteiger charge is -2.18. The third-order valence-corrected chi connectivity index (χ3v) is 6.47. The van der Waals surface area contributed by atoms with E-state index in [2.05, 4.69) is 91.0 Å². The predicted molar refractivity (Wildman–Crippen MR) is 118 cm³/mol. The maximum Gasteiger partial charge on any atom is 0.118 e. The van der Waals surface area contributed by atoms with Gasteiger partial charge < -0.3 is 4.74 Å². The molecule has 27 heavy (non-hydrogen) atoms. The van der Waals surface area contributed by atoms with Gasteiger partial charge in [0.1, 0.15) is 5.75 Å². The summed E-state index contributed by atoms with van der Waals surface area (Å²) in [5.41, 5.74) is 0. The highest BCUT2D eigenvalue weighted by Gasteiger charge is 2.14. The first-order valence-electron chi connectivity index (χ1n) is 8.93. The molecule has 4 aromatic carbocycles. The van der Waals surface area contributed by atoms with Crippen molar-refractivity contribution in [2.24, 2.45) is 0 Å². The monoisotopic (exact) mass is 370 g/mol. The molecule has 4 rings (SSSR count). The molecule has 0 saturated heterocycles. The molecular formula is C25H23OP. The number of hydrogen-bond donors (Lipinski definition) is 0. The lowest BCUT2D eigenvalue weighted by Crippen LogP contribution is -2.20. The summed E-state index contributed by atoms with van der Waals surface area (Å²) in [7, 11) is 1.22. The van der Waals surface area contributed by atoms with Crippen molar-refractivity contribution >= 4 is 23.8 Å². The molecule has 0 aliphatic carbocycles. The van der Waals surface area contributed by atoms with Crippen LogP contribution in [0.5, 0.6) is 5.75 Å². The van der Waals surface area contributed by atoms with Crippen LogP contribution in [0.3, 0.4) is 0 Å². The maximum atomic E-state index is 4.91. The highest BCUT2D eigenvalue weighted by Crippen LogP contribution is 2.32. The molecule has 0 bridgehead atoms. The Kier molecular flexibility index (Phi) is 7.21. The Morgan fingerprint density at radius 2 is 0.741 bits per heavy atom. The molecule has 0 spiro atoms. The normalized spacial score (nSPS) is 10.0. The summed E-state index contributed by atoms with van der Waals surface area (Å²) in [4.78, 5) is 0. The quantitative estimate of drug-likeness (QED) is 0.452. The van der Waals surface area contributed by atoms with Crippen LogP contribution in [-0.4, -0.2) is 7.11 Å². The van der Waals surface area contributed by atoms with E-state index in [4.69, 9.17) is 4.74 Å². The summed E-state index contributed by atoms with van der Waals surface area (Å²) in [6.07, 6.45) is 0. The average molecular weight is 370 g/mol. The molecule has 2 heteroatoms. The van der Waals surface area contributed by atoms with Crippen LogP contribution in [0, 0.1) is 0 Å². The van der Waals surface area contributed by atoms with E-state index in [1.165, 1.54) is 15.9 Å². The molecular weight excluding hydrogens is 347 g/mol. The number of benzene rings is 4. The summed E-state index contributed by atoms with van der Waals surface area (Å²) in [6, 6.07) is 42.0. The fourth-order valence-electron chi connectivity index (χ4n) is 2.73. The predicted octanol–water partition coefficient (Wildman–Crippen LogP) is 5.14. The molecule has 0 unspecified atom stereocenters. The SMILES string of the molecule is COc1ccccc1.c1ccc(P(c2ccccc2)c2ccccc2)cc1. The fraction of sp³-hybridized carbons (Fsp3) is 0.0400. The van der Waals surface area contributed by atoms with Gasteiger partial charge in [0.05, 0.1) is 7.11 Å². The molecule has 0 amide bonds. The summed E-state index contributed by atoms with van der Waals surface area (Å²) >= 11 is 0. The second kappa shape index (κ2) is 10.3. The third-order valence-electron chi connectivity index (χ3n) is 4.02. The highest BCUT2D eigenvalue weighted by molar-refractivity contribution is 7.79. The molecule has 0 N–H and O–H groups in total. The topological polar surface area (TPSA) is 9.23 Å². The first kappa shape index (κ1) is 18.9. The molecule has 4 aromatic rings. The van der Waals surface area contributed by atoms with Gasteiger partial charge in [-0.1, -0.05) is 109 Å². The van der Waals surface area contributed by atoms with Gasteiger partial charge in [0.15, 0.2) is 0 Å². The van der Waals surface area contributed by atoms with Crippen LogP contribution in [0.25, 0.3) is 0 Å². The first-order valence-corrected chi connectivity index (χ1v) is 10.3. The maximum absolute atomic E-state index is 4.91. The van der Waals surface area contributed by atoms with Crippen molar-refractivity contribution in [3.05, 3.63) is 121 Å². The molecule has 0 aliphatic heterocycles. The lowest BCUT2D eigenvalue weighted by atomic mass is 10.3. The Balaban J connectivity index is 0.000000221. The van der Waals surface area contributed by atoms with Crippen LogP contribution < -0.4 is 20.7 Å². The molecule has 134 valence electrons. The van der Waals surface area contributed by atoms with Gasteiger partial charge in [-0.2, -0.15) is 0 Å². The van der Waals surface area contributed by atoms with Crippen molar-refractivity contribution in [2.75, 3.05) is 7.11 Å². The van der Waals surface area contributed by atoms with Crippen molar-refractivity contribution in [3.8, 4) is 5.75 Å². The Morgan fingerprint density at radius 3 is 1.00 bits per heavy atom. The zero-order chi connectivity index (χ0) is 18.7. The average Bonchev–Trinajstić information content (AvgIpc) is 2.77. The number of rotatable bonds is 4. The van der Waals surface area contributed by atoms with E-state index >= 15 is 0 Å². The summed E-state index contributed by atoms with van der Waals surface area (Å²) < 4.78 is 4.91. The van der Waals surface area contributed by atoms with Crippen molar-refractivity contribution in [1.29, 1.82) is 0 Å². The Hall–Kier alpha value is -2.89. The fourth-order valence-corrected chi connectivity index (χ4v) is 5.04. The van der Waals surface area contributed by atoms with Crippen LogP contribution in [-0.2, 0) is 0 Å². The Labute approximate surface area is 163 Å². The van der Waals surface area contributed by atoms with E-state index < -0.39 is 7.92 Å². The second-order valence-electron chi connectivity index (χ2n) is 5.86. The molecule has 0 heterocycles. The molecule has 1 nitrogen and oxygen atoms in total. The van der Waals surface area contributed by atoms with E-state index in [1.54, 1.807) is 7.11 Å². The second-order valence-corrected chi connectivity index (χ2v) is 8.08. The summed E-state index contributed by atoms with van der Waals surface area (Å²) in [5.74, 6) is 0.910. The molecule has 0 radical (unpaired) electrons. The van der Waals surface area contributed by atoms with Crippen LogP contribution in [0.15, 0.2) is 121 Å². The molecule has 0 atom stereocenters. The van der Waals surface area contributed by atoms with Crippen molar-refractivity contribution in [1.82, 2.24) is 0 Å². The lowest BCUT2D eigenvalue weighted by molar-refractivity contribution is 0.415. The van der Waals surface area contributed by atoms with E-state index in [0.29, 0.717) is 0 Å². The van der Waals surface area contributed by atoms with Gasteiger partial charge in [0.25, 0.3) is 0 Å². The van der Waals surface area contributed by atoms with Gasteiger partial charge in [-0.15, -0.1) is 0 Å².